The van der Waals surface area contributed by atoms with Crippen LogP contribution in [-0.4, -0.2) is 28.3 Å². The molecular weight excluding hydrogens is 511 g/mol. The lowest BCUT2D eigenvalue weighted by Gasteiger charge is -2.32. The van der Waals surface area contributed by atoms with Gasteiger partial charge in [0.05, 0.1) is 22.6 Å². The molecule has 196 valence electrons. The van der Waals surface area contributed by atoms with Crippen LogP contribution in [0.4, 0.5) is 0 Å². The fourth-order valence-electron chi connectivity index (χ4n) is 5.17. The van der Waals surface area contributed by atoms with Crippen molar-refractivity contribution < 1.29 is 9.31 Å². The molecule has 1 aliphatic rings. The van der Waals surface area contributed by atoms with E-state index in [-0.39, 0.29) is 0 Å². The maximum atomic E-state index is 6.33. The van der Waals surface area contributed by atoms with Crippen LogP contribution < -0.4 is 5.46 Å². The predicted molar refractivity (Wildman–Crippen MR) is 167 cm³/mol. The molecule has 2 aromatic heterocycles. The highest BCUT2D eigenvalue weighted by Gasteiger charge is 2.51. The SMILES string of the molecule is CC1(C)OB(c2cccc(-c3nc(-c4ccccc4)cc(-c4ccc5c(c4)sc4ccccc45)n3)c2)OC1(C)C. The summed E-state index contributed by atoms with van der Waals surface area (Å²) in [7, 11) is -0.447. The first kappa shape index (κ1) is 25.2. The molecule has 4 aromatic carbocycles. The molecule has 0 radical (unpaired) electrons. The number of rotatable bonds is 4. The van der Waals surface area contributed by atoms with Gasteiger partial charge < -0.3 is 9.31 Å². The van der Waals surface area contributed by atoms with Gasteiger partial charge in [0.2, 0.25) is 0 Å². The summed E-state index contributed by atoms with van der Waals surface area (Å²) in [4.78, 5) is 10.1. The van der Waals surface area contributed by atoms with Gasteiger partial charge in [-0.3, -0.25) is 0 Å². The summed E-state index contributed by atoms with van der Waals surface area (Å²) in [6, 6.07) is 35.8. The number of fused-ring (bicyclic) bond motifs is 3. The van der Waals surface area contributed by atoms with Gasteiger partial charge in [-0.05, 0) is 51.4 Å². The van der Waals surface area contributed by atoms with Gasteiger partial charge in [0.25, 0.3) is 0 Å². The fourth-order valence-corrected chi connectivity index (χ4v) is 6.32. The van der Waals surface area contributed by atoms with Crippen LogP contribution in [0.2, 0.25) is 0 Å². The van der Waals surface area contributed by atoms with Crippen LogP contribution in [0.15, 0.2) is 103 Å². The zero-order chi connectivity index (χ0) is 27.5. The molecule has 1 fully saturated rings. The third-order valence-electron chi connectivity index (χ3n) is 8.14. The highest BCUT2D eigenvalue weighted by Crippen LogP contribution is 2.38. The maximum absolute atomic E-state index is 6.33. The Labute approximate surface area is 238 Å². The number of hydrogen-bond acceptors (Lipinski definition) is 5. The minimum atomic E-state index is -0.447. The first-order chi connectivity index (χ1) is 19.3. The molecule has 0 bridgehead atoms. The minimum absolute atomic E-state index is 0.407. The number of hydrogen-bond donors (Lipinski definition) is 0. The molecule has 0 atom stereocenters. The number of aromatic nitrogens is 2. The van der Waals surface area contributed by atoms with Crippen molar-refractivity contribution in [3.05, 3.63) is 103 Å². The van der Waals surface area contributed by atoms with E-state index < -0.39 is 18.3 Å². The first-order valence-electron chi connectivity index (χ1n) is 13.6. The Morgan fingerprint density at radius 2 is 1.23 bits per heavy atom. The molecule has 4 nitrogen and oxygen atoms in total. The van der Waals surface area contributed by atoms with E-state index in [0.717, 1.165) is 33.5 Å². The summed E-state index contributed by atoms with van der Waals surface area (Å²) in [5.41, 5.74) is 4.97. The monoisotopic (exact) mass is 540 g/mol. The molecule has 0 unspecified atom stereocenters. The maximum Gasteiger partial charge on any atom is 0.494 e. The highest BCUT2D eigenvalue weighted by molar-refractivity contribution is 7.25. The van der Waals surface area contributed by atoms with E-state index in [2.05, 4.69) is 100 Å². The van der Waals surface area contributed by atoms with E-state index in [9.17, 15) is 0 Å². The average molecular weight is 540 g/mol. The van der Waals surface area contributed by atoms with E-state index in [4.69, 9.17) is 19.3 Å². The van der Waals surface area contributed by atoms with E-state index in [1.807, 2.05) is 41.7 Å². The van der Waals surface area contributed by atoms with E-state index in [0.29, 0.717) is 5.82 Å². The predicted octanol–water partition coefficient (Wildman–Crippen LogP) is 8.14. The lowest BCUT2D eigenvalue weighted by molar-refractivity contribution is 0.00578. The molecule has 0 amide bonds. The highest BCUT2D eigenvalue weighted by atomic mass is 32.1. The smallest absolute Gasteiger partial charge is 0.399 e. The Balaban J connectivity index is 1.35. The summed E-state index contributed by atoms with van der Waals surface area (Å²) >= 11 is 1.82. The van der Waals surface area contributed by atoms with Crippen molar-refractivity contribution in [2.24, 2.45) is 0 Å². The molecule has 6 heteroatoms. The molecule has 0 saturated carbocycles. The minimum Gasteiger partial charge on any atom is -0.399 e. The second-order valence-electron chi connectivity index (χ2n) is 11.4. The molecular formula is C34H29BN2O2S. The standard InChI is InChI=1S/C34H29BN2O2S/c1-33(2)34(3,4)39-35(38-33)25-14-10-13-24(19-25)32-36-28(22-11-6-5-7-12-22)21-29(37-32)23-17-18-27-26-15-8-9-16-30(26)40-31(27)20-23/h5-21H,1-4H3. The van der Waals surface area contributed by atoms with Gasteiger partial charge in [0.15, 0.2) is 5.82 Å². The second kappa shape index (κ2) is 9.38. The van der Waals surface area contributed by atoms with Crippen molar-refractivity contribution in [1.82, 2.24) is 9.97 Å². The summed E-state index contributed by atoms with van der Waals surface area (Å²) < 4.78 is 15.2. The van der Waals surface area contributed by atoms with Crippen molar-refractivity contribution in [1.29, 1.82) is 0 Å². The average Bonchev–Trinajstić information content (AvgIpc) is 3.45. The molecule has 1 aliphatic heterocycles. The molecule has 6 aromatic rings. The fraction of sp³-hybridized carbons (Fsp3) is 0.176. The quantitative estimate of drug-likeness (QED) is 0.212. The zero-order valence-corrected chi connectivity index (χ0v) is 23.8. The zero-order valence-electron chi connectivity index (χ0n) is 23.0. The van der Waals surface area contributed by atoms with Crippen LogP contribution in [0.5, 0.6) is 0 Å². The van der Waals surface area contributed by atoms with Gasteiger partial charge in [0.1, 0.15) is 0 Å². The Kier molecular flexibility index (Phi) is 5.90. The van der Waals surface area contributed by atoms with E-state index in [1.54, 1.807) is 0 Å². The lowest BCUT2D eigenvalue weighted by Crippen LogP contribution is -2.41. The normalized spacial score (nSPS) is 16.1. The van der Waals surface area contributed by atoms with Gasteiger partial charge in [-0.1, -0.05) is 84.9 Å². The summed E-state index contributed by atoms with van der Waals surface area (Å²) in [6.45, 7) is 8.29. The largest absolute Gasteiger partial charge is 0.494 e. The van der Waals surface area contributed by atoms with Gasteiger partial charge in [0, 0.05) is 36.9 Å². The Hall–Kier alpha value is -3.84. The topological polar surface area (TPSA) is 44.2 Å². The van der Waals surface area contributed by atoms with Gasteiger partial charge in [-0.15, -0.1) is 11.3 Å². The van der Waals surface area contributed by atoms with Crippen molar-refractivity contribution in [2.75, 3.05) is 0 Å². The van der Waals surface area contributed by atoms with Gasteiger partial charge >= 0.3 is 7.12 Å². The molecule has 3 heterocycles. The molecule has 0 spiro atoms. The molecule has 1 saturated heterocycles. The summed E-state index contributed by atoms with van der Waals surface area (Å²) in [6.07, 6.45) is 0. The van der Waals surface area contributed by atoms with Crippen LogP contribution in [0.25, 0.3) is 54.1 Å². The van der Waals surface area contributed by atoms with Gasteiger partial charge in [-0.2, -0.15) is 0 Å². The molecule has 0 N–H and O–H groups in total. The number of benzene rings is 4. The Bertz CT molecular complexity index is 1860. The van der Waals surface area contributed by atoms with E-state index in [1.165, 1.54) is 20.2 Å². The summed E-state index contributed by atoms with van der Waals surface area (Å²) in [5, 5.41) is 2.57. The number of nitrogens with zero attached hydrogens (tertiary/aromatic N) is 2. The van der Waals surface area contributed by atoms with Gasteiger partial charge in [-0.25, -0.2) is 9.97 Å². The van der Waals surface area contributed by atoms with Crippen molar-refractivity contribution in [2.45, 2.75) is 38.9 Å². The number of thiophene rings is 1. The Morgan fingerprint density at radius 1 is 0.575 bits per heavy atom. The van der Waals surface area contributed by atoms with Crippen LogP contribution in [0.1, 0.15) is 27.7 Å². The van der Waals surface area contributed by atoms with Crippen LogP contribution >= 0.6 is 11.3 Å². The van der Waals surface area contributed by atoms with E-state index >= 15 is 0 Å². The molecule has 7 rings (SSSR count). The molecule has 40 heavy (non-hydrogen) atoms. The van der Waals surface area contributed by atoms with Crippen molar-refractivity contribution in [3.8, 4) is 33.9 Å². The van der Waals surface area contributed by atoms with Crippen molar-refractivity contribution in [3.63, 3.8) is 0 Å². The first-order valence-corrected chi connectivity index (χ1v) is 14.4. The van der Waals surface area contributed by atoms with Crippen molar-refractivity contribution >= 4 is 44.1 Å². The summed E-state index contributed by atoms with van der Waals surface area (Å²) in [5.74, 6) is 0.672. The third-order valence-corrected chi connectivity index (χ3v) is 9.27. The Morgan fingerprint density at radius 3 is 2.00 bits per heavy atom. The van der Waals surface area contributed by atoms with Crippen LogP contribution in [0.3, 0.4) is 0 Å². The van der Waals surface area contributed by atoms with Crippen LogP contribution in [-0.2, 0) is 9.31 Å². The third kappa shape index (κ3) is 4.33. The molecule has 0 aliphatic carbocycles. The van der Waals surface area contributed by atoms with Crippen LogP contribution in [0, 0.1) is 0 Å². The second-order valence-corrected chi connectivity index (χ2v) is 12.4. The lowest BCUT2D eigenvalue weighted by atomic mass is 9.78.